The van der Waals surface area contributed by atoms with Gasteiger partial charge in [-0.1, -0.05) is 58.4 Å². The Morgan fingerprint density at radius 2 is 1.74 bits per heavy atom. The Morgan fingerprint density at radius 1 is 1.05 bits per heavy atom. The van der Waals surface area contributed by atoms with Gasteiger partial charge in [0.25, 0.3) is 0 Å². The Kier molecular flexibility index (Phi) is 5.39. The number of halogens is 1. The molecule has 0 fully saturated rings. The number of aliphatic hydroxyl groups is 1. The third kappa shape index (κ3) is 4.35. The van der Waals surface area contributed by atoms with Gasteiger partial charge in [0.15, 0.2) is 0 Å². The van der Waals surface area contributed by atoms with Gasteiger partial charge in [-0.25, -0.2) is 0 Å². The molecule has 0 aliphatic rings. The van der Waals surface area contributed by atoms with Crippen LogP contribution in [-0.2, 0) is 11.4 Å². The highest BCUT2D eigenvalue weighted by Crippen LogP contribution is 2.18. The van der Waals surface area contributed by atoms with Crippen molar-refractivity contribution in [2.24, 2.45) is 0 Å². The molecule has 2 rings (SSSR count). The summed E-state index contributed by atoms with van der Waals surface area (Å²) in [5.41, 5.74) is 5.74. The Bertz CT molecular complexity index is 487. The Labute approximate surface area is 121 Å². The third-order valence-corrected chi connectivity index (χ3v) is 3.33. The number of alkyl halides is 1. The first kappa shape index (κ1) is 14.1. The number of benzene rings is 2. The van der Waals surface area contributed by atoms with Crippen LogP contribution in [0, 0.1) is 0 Å². The van der Waals surface area contributed by atoms with Gasteiger partial charge in [0.1, 0.15) is 0 Å². The maximum Gasteiger partial charge on any atom is 0.0996 e. The van der Waals surface area contributed by atoms with Gasteiger partial charge in [0, 0.05) is 5.33 Å². The molecule has 19 heavy (non-hydrogen) atoms. The first-order valence-electron chi connectivity index (χ1n) is 6.05. The molecule has 0 aliphatic heterocycles. The quantitative estimate of drug-likeness (QED) is 0.630. The Hall–Kier alpha value is -1.36. The van der Waals surface area contributed by atoms with Crippen LogP contribution in [0.25, 0.3) is 0 Å². The minimum atomic E-state index is -0.473. The number of rotatable bonds is 6. The maximum atomic E-state index is 9.65. The summed E-state index contributed by atoms with van der Waals surface area (Å²) in [4.78, 5) is 5.41. The first-order valence-corrected chi connectivity index (χ1v) is 7.17. The molecule has 0 spiro atoms. The highest BCUT2D eigenvalue weighted by Gasteiger charge is 2.04. The summed E-state index contributed by atoms with van der Waals surface area (Å²) >= 11 is 3.25. The monoisotopic (exact) mass is 321 g/mol. The van der Waals surface area contributed by atoms with E-state index in [4.69, 9.17) is 4.84 Å². The fraction of sp³-hybridized carbons (Fsp3) is 0.200. The number of nitrogens with one attached hydrogen (secondary N) is 1. The summed E-state index contributed by atoms with van der Waals surface area (Å²) < 4.78 is 0. The number of hydrogen-bond donors (Lipinski definition) is 2. The van der Waals surface area contributed by atoms with Crippen molar-refractivity contribution in [1.29, 1.82) is 0 Å². The summed E-state index contributed by atoms with van der Waals surface area (Å²) in [6, 6.07) is 17.5. The SMILES string of the molecule is O[C@@H](CBr)c1ccc(NOCc2ccccc2)cc1. The van der Waals surface area contributed by atoms with E-state index < -0.39 is 6.10 Å². The van der Waals surface area contributed by atoms with Crippen molar-refractivity contribution < 1.29 is 9.94 Å². The van der Waals surface area contributed by atoms with Crippen molar-refractivity contribution in [3.8, 4) is 0 Å². The average Bonchev–Trinajstić information content (AvgIpc) is 2.48. The zero-order valence-electron chi connectivity index (χ0n) is 10.4. The Morgan fingerprint density at radius 3 is 2.37 bits per heavy atom. The second-order valence-electron chi connectivity index (χ2n) is 4.17. The van der Waals surface area contributed by atoms with E-state index >= 15 is 0 Å². The molecule has 4 heteroatoms. The standard InChI is InChI=1S/C15H16BrNO2/c16-10-15(18)13-6-8-14(9-7-13)17-19-11-12-4-2-1-3-5-12/h1-9,15,17-18H,10-11H2/t15-/m0/s1. The van der Waals surface area contributed by atoms with Gasteiger partial charge >= 0.3 is 0 Å². The molecule has 0 amide bonds. The van der Waals surface area contributed by atoms with Crippen LogP contribution in [0.3, 0.4) is 0 Å². The molecule has 0 aromatic heterocycles. The van der Waals surface area contributed by atoms with E-state index in [-0.39, 0.29) is 0 Å². The van der Waals surface area contributed by atoms with Gasteiger partial charge < -0.3 is 5.11 Å². The number of aliphatic hydroxyl groups excluding tert-OH is 1. The molecule has 0 bridgehead atoms. The van der Waals surface area contributed by atoms with Crippen molar-refractivity contribution in [1.82, 2.24) is 0 Å². The molecule has 3 nitrogen and oxygen atoms in total. The lowest BCUT2D eigenvalue weighted by atomic mass is 10.1. The van der Waals surface area contributed by atoms with Crippen molar-refractivity contribution in [3.63, 3.8) is 0 Å². The van der Waals surface area contributed by atoms with Gasteiger partial charge in [0.05, 0.1) is 18.4 Å². The van der Waals surface area contributed by atoms with Crippen LogP contribution in [0.15, 0.2) is 54.6 Å². The predicted molar refractivity (Wildman–Crippen MR) is 80.0 cm³/mol. The van der Waals surface area contributed by atoms with E-state index in [0.717, 1.165) is 16.8 Å². The zero-order valence-corrected chi connectivity index (χ0v) is 12.0. The lowest BCUT2D eigenvalue weighted by Crippen LogP contribution is -2.02. The summed E-state index contributed by atoms with van der Waals surface area (Å²) in [6.45, 7) is 0.507. The second-order valence-corrected chi connectivity index (χ2v) is 4.82. The maximum absolute atomic E-state index is 9.65. The zero-order chi connectivity index (χ0) is 13.5. The fourth-order valence-corrected chi connectivity index (χ4v) is 2.01. The van der Waals surface area contributed by atoms with E-state index in [1.54, 1.807) is 0 Å². The molecule has 2 aromatic rings. The summed E-state index contributed by atoms with van der Waals surface area (Å²) in [5.74, 6) is 0. The van der Waals surface area contributed by atoms with Crippen molar-refractivity contribution >= 4 is 21.6 Å². The van der Waals surface area contributed by atoms with Crippen LogP contribution in [0.2, 0.25) is 0 Å². The van der Waals surface area contributed by atoms with Gasteiger partial charge in [-0.05, 0) is 23.3 Å². The molecule has 0 saturated heterocycles. The molecule has 0 aliphatic carbocycles. The third-order valence-electron chi connectivity index (χ3n) is 2.71. The molecular formula is C15H16BrNO2. The van der Waals surface area contributed by atoms with E-state index in [1.807, 2.05) is 54.6 Å². The smallest absolute Gasteiger partial charge is 0.0996 e. The second kappa shape index (κ2) is 7.28. The Balaban J connectivity index is 1.83. The fourth-order valence-electron chi connectivity index (χ4n) is 1.64. The number of anilines is 1. The van der Waals surface area contributed by atoms with E-state index in [2.05, 4.69) is 21.4 Å². The van der Waals surface area contributed by atoms with E-state index in [1.165, 1.54) is 0 Å². The molecule has 100 valence electrons. The van der Waals surface area contributed by atoms with Crippen molar-refractivity contribution in [2.45, 2.75) is 12.7 Å². The van der Waals surface area contributed by atoms with Gasteiger partial charge in [-0.3, -0.25) is 10.3 Å². The molecule has 1 atom stereocenters. The lowest BCUT2D eigenvalue weighted by Gasteiger charge is -2.10. The summed E-state index contributed by atoms with van der Waals surface area (Å²) in [6.07, 6.45) is -0.473. The van der Waals surface area contributed by atoms with Crippen LogP contribution in [0.1, 0.15) is 17.2 Å². The van der Waals surface area contributed by atoms with Crippen LogP contribution in [0.5, 0.6) is 0 Å². The van der Waals surface area contributed by atoms with E-state index in [0.29, 0.717) is 11.9 Å². The van der Waals surface area contributed by atoms with Gasteiger partial charge in [-0.2, -0.15) is 0 Å². The first-order chi connectivity index (χ1) is 9.29. The molecule has 0 saturated carbocycles. The van der Waals surface area contributed by atoms with Crippen LogP contribution in [-0.4, -0.2) is 10.4 Å². The average molecular weight is 322 g/mol. The van der Waals surface area contributed by atoms with Crippen LogP contribution < -0.4 is 5.48 Å². The van der Waals surface area contributed by atoms with Crippen molar-refractivity contribution in [3.05, 3.63) is 65.7 Å². The molecule has 2 aromatic carbocycles. The van der Waals surface area contributed by atoms with E-state index in [9.17, 15) is 5.11 Å². The highest BCUT2D eigenvalue weighted by atomic mass is 79.9. The molecule has 0 heterocycles. The summed E-state index contributed by atoms with van der Waals surface area (Å²) in [5, 5.41) is 10.2. The topological polar surface area (TPSA) is 41.5 Å². The van der Waals surface area contributed by atoms with Crippen molar-refractivity contribution in [2.75, 3.05) is 10.8 Å². The minimum Gasteiger partial charge on any atom is -0.388 e. The normalized spacial score (nSPS) is 12.1. The van der Waals surface area contributed by atoms with Gasteiger partial charge in [0.2, 0.25) is 0 Å². The predicted octanol–water partition coefficient (Wildman–Crippen LogP) is 3.66. The molecular weight excluding hydrogens is 306 g/mol. The van der Waals surface area contributed by atoms with Crippen LogP contribution >= 0.6 is 15.9 Å². The van der Waals surface area contributed by atoms with Gasteiger partial charge in [-0.15, -0.1) is 0 Å². The minimum absolute atomic E-state index is 0.473. The highest BCUT2D eigenvalue weighted by molar-refractivity contribution is 9.09. The largest absolute Gasteiger partial charge is 0.388 e. The molecule has 2 N–H and O–H groups in total. The summed E-state index contributed by atoms with van der Waals surface area (Å²) in [7, 11) is 0. The van der Waals surface area contributed by atoms with Crippen LogP contribution in [0.4, 0.5) is 5.69 Å². The molecule has 0 unspecified atom stereocenters. The lowest BCUT2D eigenvalue weighted by molar-refractivity contribution is 0.180. The molecule has 0 radical (unpaired) electrons. The number of hydrogen-bond acceptors (Lipinski definition) is 3.